The minimum absolute atomic E-state index is 0.00309. The zero-order valence-electron chi connectivity index (χ0n) is 19.4. The van der Waals surface area contributed by atoms with Gasteiger partial charge in [-0.05, 0) is 38.6 Å². The van der Waals surface area contributed by atoms with Gasteiger partial charge >= 0.3 is 5.97 Å². The average molecular weight is 504 g/mol. The Kier molecular flexibility index (Phi) is 15.3. The molecule has 0 aliphatic rings. The molecule has 4 unspecified atom stereocenters. The van der Waals surface area contributed by atoms with Crippen LogP contribution in [0.1, 0.15) is 38.5 Å². The summed E-state index contributed by atoms with van der Waals surface area (Å²) >= 11 is 0. The van der Waals surface area contributed by atoms with Gasteiger partial charge in [-0.15, -0.1) is 0 Å². The lowest BCUT2D eigenvalue weighted by Crippen LogP contribution is -2.57. The SMILES string of the molecule is NCCCCC(NC(=O)C(N)CO)C(=O)NC(CCCN=C(N)N)C(=O)NC(CC(N)=O)C(=O)O. The highest BCUT2D eigenvalue weighted by Crippen LogP contribution is 2.06. The molecule has 16 heteroatoms. The van der Waals surface area contributed by atoms with Gasteiger partial charge in [-0.2, -0.15) is 0 Å². The number of amides is 4. The Morgan fingerprint density at radius 3 is 1.77 bits per heavy atom. The van der Waals surface area contributed by atoms with Crippen molar-refractivity contribution in [1.82, 2.24) is 16.0 Å². The summed E-state index contributed by atoms with van der Waals surface area (Å²) in [6.45, 7) is -0.173. The molecule has 0 aromatic rings. The number of nitrogens with one attached hydrogen (secondary N) is 3. The van der Waals surface area contributed by atoms with Crippen molar-refractivity contribution in [3.63, 3.8) is 0 Å². The molecule has 0 radical (unpaired) electrons. The predicted molar refractivity (Wildman–Crippen MR) is 125 cm³/mol. The van der Waals surface area contributed by atoms with E-state index in [1.54, 1.807) is 0 Å². The smallest absolute Gasteiger partial charge is 0.326 e. The maximum absolute atomic E-state index is 12.9. The summed E-state index contributed by atoms with van der Waals surface area (Å²) in [7, 11) is 0. The first-order chi connectivity index (χ1) is 16.4. The highest BCUT2D eigenvalue weighted by molar-refractivity contribution is 5.94. The molecule has 0 aliphatic carbocycles. The van der Waals surface area contributed by atoms with Crippen LogP contribution in [-0.4, -0.2) is 89.6 Å². The Morgan fingerprint density at radius 1 is 0.800 bits per heavy atom. The third-order valence-electron chi connectivity index (χ3n) is 4.71. The number of nitrogens with two attached hydrogens (primary N) is 5. The number of aliphatic hydroxyl groups excluding tert-OH is 1. The second kappa shape index (κ2) is 17.0. The van der Waals surface area contributed by atoms with Crippen molar-refractivity contribution in [2.24, 2.45) is 33.7 Å². The van der Waals surface area contributed by atoms with E-state index in [2.05, 4.69) is 20.9 Å². The Labute approximate surface area is 202 Å². The van der Waals surface area contributed by atoms with Gasteiger partial charge in [0.1, 0.15) is 24.2 Å². The molecule has 0 aromatic heterocycles. The summed E-state index contributed by atoms with van der Waals surface area (Å²) in [4.78, 5) is 64.1. The van der Waals surface area contributed by atoms with E-state index in [0.29, 0.717) is 19.4 Å². The van der Waals surface area contributed by atoms with E-state index in [9.17, 15) is 29.1 Å². The highest BCUT2D eigenvalue weighted by atomic mass is 16.4. The first-order valence-electron chi connectivity index (χ1n) is 11.0. The molecule has 0 heterocycles. The third-order valence-corrected chi connectivity index (χ3v) is 4.71. The van der Waals surface area contributed by atoms with Crippen LogP contribution < -0.4 is 44.6 Å². The molecule has 0 bridgehead atoms. The number of carboxylic acids is 1. The Bertz CT molecular complexity index is 759. The predicted octanol–water partition coefficient (Wildman–Crippen LogP) is -5.10. The molecule has 15 N–H and O–H groups in total. The van der Waals surface area contributed by atoms with Crippen molar-refractivity contribution in [2.45, 2.75) is 62.7 Å². The summed E-state index contributed by atoms with van der Waals surface area (Å²) in [6, 6.07) is -5.24. The molecule has 0 rings (SSSR count). The summed E-state index contributed by atoms with van der Waals surface area (Å²) in [5.74, 6) is -5.03. The average Bonchev–Trinajstić information content (AvgIpc) is 2.78. The maximum Gasteiger partial charge on any atom is 0.326 e. The quantitative estimate of drug-likeness (QED) is 0.0479. The summed E-state index contributed by atoms with van der Waals surface area (Å²) in [6.07, 6.45) is 0.743. The van der Waals surface area contributed by atoms with Gasteiger partial charge in [-0.3, -0.25) is 24.2 Å². The van der Waals surface area contributed by atoms with E-state index in [1.807, 2.05) is 0 Å². The number of aliphatic carboxylic acids is 1. The van der Waals surface area contributed by atoms with E-state index in [1.165, 1.54) is 0 Å². The van der Waals surface area contributed by atoms with Crippen LogP contribution in [0.5, 0.6) is 0 Å². The van der Waals surface area contributed by atoms with Gasteiger partial charge in [-0.1, -0.05) is 0 Å². The molecule has 35 heavy (non-hydrogen) atoms. The fourth-order valence-electron chi connectivity index (χ4n) is 2.84. The maximum atomic E-state index is 12.9. The topological polar surface area (TPSA) is 304 Å². The molecule has 0 saturated carbocycles. The summed E-state index contributed by atoms with van der Waals surface area (Å²) < 4.78 is 0. The standard InChI is InChI=1S/C19H37N9O7/c20-6-2-1-4-11(26-15(31)10(21)9-29)16(32)27-12(5-3-7-25-19(23)24)17(33)28-13(18(34)35)8-14(22)30/h10-13,29H,1-9,20-21H2,(H2,22,30)(H,26,31)(H,27,32)(H,28,33)(H,34,35)(H4,23,24,25). The molecule has 4 atom stereocenters. The number of hydrogen-bond acceptors (Lipinski definition) is 9. The summed E-state index contributed by atoms with van der Waals surface area (Å²) in [5, 5.41) is 25.4. The minimum Gasteiger partial charge on any atom is -0.480 e. The molecule has 200 valence electrons. The van der Waals surface area contributed by atoms with Crippen LogP contribution in [0.3, 0.4) is 0 Å². The zero-order chi connectivity index (χ0) is 27.0. The number of rotatable bonds is 18. The fraction of sp³-hybridized carbons (Fsp3) is 0.684. The van der Waals surface area contributed by atoms with E-state index >= 15 is 0 Å². The van der Waals surface area contributed by atoms with Crippen molar-refractivity contribution in [1.29, 1.82) is 0 Å². The molecule has 0 aliphatic heterocycles. The number of carbonyl (C=O) groups excluding carboxylic acids is 4. The number of carbonyl (C=O) groups is 5. The van der Waals surface area contributed by atoms with E-state index in [0.717, 1.165) is 0 Å². The molecular formula is C19H37N9O7. The van der Waals surface area contributed by atoms with Crippen LogP contribution >= 0.6 is 0 Å². The molecule has 0 fully saturated rings. The van der Waals surface area contributed by atoms with Crippen molar-refractivity contribution in [3.05, 3.63) is 0 Å². The van der Waals surface area contributed by atoms with Crippen molar-refractivity contribution in [2.75, 3.05) is 19.7 Å². The lowest BCUT2D eigenvalue weighted by molar-refractivity contribution is -0.143. The van der Waals surface area contributed by atoms with Gasteiger partial charge in [0.05, 0.1) is 13.0 Å². The number of carboxylic acid groups (broad SMARTS) is 1. The summed E-state index contributed by atoms with van der Waals surface area (Å²) in [5.41, 5.74) is 26.5. The fourth-order valence-corrected chi connectivity index (χ4v) is 2.84. The van der Waals surface area contributed by atoms with Gasteiger partial charge in [0, 0.05) is 6.54 Å². The Hall–Kier alpha value is -3.50. The molecule has 16 nitrogen and oxygen atoms in total. The number of aliphatic hydroxyl groups is 1. The first-order valence-corrected chi connectivity index (χ1v) is 11.0. The normalized spacial score (nSPS) is 14.0. The van der Waals surface area contributed by atoms with Gasteiger partial charge in [-0.25, -0.2) is 4.79 Å². The second-order valence-electron chi connectivity index (χ2n) is 7.71. The molecule has 0 saturated heterocycles. The highest BCUT2D eigenvalue weighted by Gasteiger charge is 2.30. The lowest BCUT2D eigenvalue weighted by Gasteiger charge is -2.25. The number of unbranched alkanes of at least 4 members (excludes halogenated alkanes) is 1. The lowest BCUT2D eigenvalue weighted by atomic mass is 10.1. The van der Waals surface area contributed by atoms with Crippen LogP contribution in [-0.2, 0) is 24.0 Å². The van der Waals surface area contributed by atoms with Crippen molar-refractivity contribution >= 4 is 35.6 Å². The number of hydrogen-bond donors (Lipinski definition) is 10. The van der Waals surface area contributed by atoms with Crippen molar-refractivity contribution < 1.29 is 34.2 Å². The Balaban J connectivity index is 5.60. The van der Waals surface area contributed by atoms with E-state index in [4.69, 9.17) is 33.8 Å². The largest absolute Gasteiger partial charge is 0.480 e. The number of guanidine groups is 1. The molecule has 0 aromatic carbocycles. The third kappa shape index (κ3) is 13.7. The molecular weight excluding hydrogens is 466 g/mol. The number of nitrogens with zero attached hydrogens (tertiary/aromatic N) is 1. The van der Waals surface area contributed by atoms with Gasteiger partial charge < -0.3 is 54.8 Å². The van der Waals surface area contributed by atoms with Crippen LogP contribution in [0.2, 0.25) is 0 Å². The first kappa shape index (κ1) is 31.5. The minimum atomic E-state index is -1.61. The second-order valence-corrected chi connectivity index (χ2v) is 7.71. The van der Waals surface area contributed by atoms with Crippen molar-refractivity contribution in [3.8, 4) is 0 Å². The van der Waals surface area contributed by atoms with E-state index < -0.39 is 66.8 Å². The van der Waals surface area contributed by atoms with Crippen LogP contribution in [0, 0.1) is 0 Å². The van der Waals surface area contributed by atoms with Crippen LogP contribution in [0.4, 0.5) is 0 Å². The number of primary amides is 1. The monoisotopic (exact) mass is 503 g/mol. The van der Waals surface area contributed by atoms with Crippen LogP contribution in [0.25, 0.3) is 0 Å². The molecule has 4 amide bonds. The van der Waals surface area contributed by atoms with E-state index in [-0.39, 0.29) is 31.8 Å². The van der Waals surface area contributed by atoms with Gasteiger partial charge in [0.15, 0.2) is 5.96 Å². The van der Waals surface area contributed by atoms with Crippen LogP contribution in [0.15, 0.2) is 4.99 Å². The molecule has 0 spiro atoms. The van der Waals surface area contributed by atoms with Gasteiger partial charge in [0.2, 0.25) is 23.6 Å². The zero-order valence-corrected chi connectivity index (χ0v) is 19.4. The van der Waals surface area contributed by atoms with Gasteiger partial charge in [0.25, 0.3) is 0 Å². The number of aliphatic imine (C=N–C) groups is 1. The Morgan fingerprint density at radius 2 is 1.31 bits per heavy atom.